The van der Waals surface area contributed by atoms with Crippen molar-refractivity contribution in [3.05, 3.63) is 38.9 Å². The fourth-order valence-electron chi connectivity index (χ4n) is 1.76. The van der Waals surface area contributed by atoms with Crippen molar-refractivity contribution >= 4 is 23.2 Å². The van der Waals surface area contributed by atoms with Gasteiger partial charge in [-0.15, -0.1) is 0 Å². The summed E-state index contributed by atoms with van der Waals surface area (Å²) in [6.45, 7) is 6.18. The molecule has 0 aliphatic heterocycles. The van der Waals surface area contributed by atoms with Crippen molar-refractivity contribution in [3.8, 4) is 0 Å². The molecule has 5 nitrogen and oxygen atoms in total. The summed E-state index contributed by atoms with van der Waals surface area (Å²) in [5.74, 6) is 0.276. The van der Waals surface area contributed by atoms with Crippen LogP contribution in [0.1, 0.15) is 44.0 Å². The average Bonchev–Trinajstić information content (AvgIpc) is 2.35. The number of rotatable bonds is 6. The van der Waals surface area contributed by atoms with Gasteiger partial charge in [0.1, 0.15) is 0 Å². The zero-order valence-electron chi connectivity index (χ0n) is 11.9. The smallest absolute Gasteiger partial charge is 0.270 e. The molecule has 0 fully saturated rings. The molecule has 0 bridgehead atoms. The molecule has 0 saturated carbocycles. The van der Waals surface area contributed by atoms with E-state index in [0.717, 1.165) is 12.8 Å². The van der Waals surface area contributed by atoms with Crippen LogP contribution in [0.5, 0.6) is 0 Å². The van der Waals surface area contributed by atoms with Gasteiger partial charge in [0.25, 0.3) is 11.6 Å². The quantitative estimate of drug-likeness (QED) is 0.641. The van der Waals surface area contributed by atoms with Crippen molar-refractivity contribution in [2.24, 2.45) is 5.92 Å². The minimum atomic E-state index is -0.543. The van der Waals surface area contributed by atoms with Crippen molar-refractivity contribution in [1.82, 2.24) is 5.32 Å². The van der Waals surface area contributed by atoms with Gasteiger partial charge in [0.2, 0.25) is 0 Å². The Labute approximate surface area is 123 Å². The van der Waals surface area contributed by atoms with E-state index in [-0.39, 0.29) is 28.2 Å². The van der Waals surface area contributed by atoms with Crippen LogP contribution in [-0.2, 0) is 0 Å². The number of hydrogen-bond donors (Lipinski definition) is 1. The van der Waals surface area contributed by atoms with Crippen LogP contribution in [0.15, 0.2) is 18.2 Å². The minimum Gasteiger partial charge on any atom is -0.350 e. The lowest BCUT2D eigenvalue weighted by atomic mass is 10.0. The van der Waals surface area contributed by atoms with Crippen LogP contribution in [-0.4, -0.2) is 16.9 Å². The van der Waals surface area contributed by atoms with Crippen molar-refractivity contribution in [2.75, 3.05) is 0 Å². The number of carbonyl (C=O) groups excluding carboxylic acids is 1. The first-order valence-electron chi connectivity index (χ1n) is 6.56. The highest BCUT2D eigenvalue weighted by Crippen LogP contribution is 2.22. The van der Waals surface area contributed by atoms with Crippen molar-refractivity contribution in [2.45, 2.75) is 39.7 Å². The zero-order valence-corrected chi connectivity index (χ0v) is 12.6. The molecule has 0 spiro atoms. The molecule has 0 aromatic heterocycles. The summed E-state index contributed by atoms with van der Waals surface area (Å²) in [4.78, 5) is 22.1. The van der Waals surface area contributed by atoms with E-state index in [0.29, 0.717) is 5.92 Å². The molecule has 20 heavy (non-hydrogen) atoms. The van der Waals surface area contributed by atoms with E-state index in [2.05, 4.69) is 19.2 Å². The van der Waals surface area contributed by atoms with Crippen LogP contribution in [0.25, 0.3) is 0 Å². The van der Waals surface area contributed by atoms with E-state index in [1.807, 2.05) is 6.92 Å². The number of benzene rings is 1. The highest BCUT2D eigenvalue weighted by Gasteiger charge is 2.16. The third-order valence-electron chi connectivity index (χ3n) is 2.96. The van der Waals surface area contributed by atoms with E-state index in [4.69, 9.17) is 11.6 Å². The van der Waals surface area contributed by atoms with Gasteiger partial charge in [-0.1, -0.05) is 25.4 Å². The summed E-state index contributed by atoms with van der Waals surface area (Å²) in [5, 5.41) is 13.5. The van der Waals surface area contributed by atoms with Gasteiger partial charge in [-0.25, -0.2) is 0 Å². The van der Waals surface area contributed by atoms with E-state index in [1.165, 1.54) is 18.2 Å². The Balaban J connectivity index is 2.70. The molecule has 1 aromatic carbocycles. The first-order valence-corrected chi connectivity index (χ1v) is 6.94. The largest absolute Gasteiger partial charge is 0.350 e. The van der Waals surface area contributed by atoms with E-state index >= 15 is 0 Å². The number of non-ortho nitro benzene ring substituents is 1. The molecule has 0 saturated heterocycles. The van der Waals surface area contributed by atoms with Gasteiger partial charge in [-0.05, 0) is 31.7 Å². The lowest BCUT2D eigenvalue weighted by Crippen LogP contribution is -2.32. The predicted octanol–water partition coefficient (Wildman–Crippen LogP) is 3.80. The number of nitrogens with zero attached hydrogens (tertiary/aromatic N) is 1. The van der Waals surface area contributed by atoms with Crippen LogP contribution in [0.2, 0.25) is 5.02 Å². The maximum Gasteiger partial charge on any atom is 0.270 e. The Morgan fingerprint density at radius 1 is 1.35 bits per heavy atom. The highest BCUT2D eigenvalue weighted by molar-refractivity contribution is 6.34. The Hall–Kier alpha value is -1.62. The second-order valence-corrected chi connectivity index (χ2v) is 5.67. The van der Waals surface area contributed by atoms with Gasteiger partial charge < -0.3 is 5.32 Å². The predicted molar refractivity (Wildman–Crippen MR) is 79.1 cm³/mol. The summed E-state index contributed by atoms with van der Waals surface area (Å²) >= 11 is 5.91. The molecule has 110 valence electrons. The van der Waals surface area contributed by atoms with Gasteiger partial charge in [-0.3, -0.25) is 14.9 Å². The van der Waals surface area contributed by atoms with Gasteiger partial charge in [0.05, 0.1) is 15.5 Å². The number of amides is 1. The summed E-state index contributed by atoms with van der Waals surface area (Å²) in [7, 11) is 0. The average molecular weight is 299 g/mol. The number of carbonyl (C=O) groups is 1. The lowest BCUT2D eigenvalue weighted by Gasteiger charge is -2.15. The van der Waals surface area contributed by atoms with Crippen molar-refractivity contribution < 1.29 is 9.72 Å². The fourth-order valence-corrected chi connectivity index (χ4v) is 2.02. The molecule has 0 heterocycles. The monoisotopic (exact) mass is 298 g/mol. The molecule has 1 atom stereocenters. The van der Waals surface area contributed by atoms with E-state index in [9.17, 15) is 14.9 Å². The van der Waals surface area contributed by atoms with Crippen LogP contribution < -0.4 is 5.32 Å². The van der Waals surface area contributed by atoms with E-state index < -0.39 is 4.92 Å². The number of nitro benzene ring substituents is 1. The molecule has 0 aliphatic rings. The van der Waals surface area contributed by atoms with Crippen LogP contribution in [0.3, 0.4) is 0 Å². The number of halogens is 1. The summed E-state index contributed by atoms with van der Waals surface area (Å²) in [5.41, 5.74) is 0.132. The molecule has 1 N–H and O–H groups in total. The number of nitro groups is 1. The maximum absolute atomic E-state index is 12.0. The van der Waals surface area contributed by atoms with Crippen LogP contribution in [0, 0.1) is 16.0 Å². The zero-order chi connectivity index (χ0) is 15.3. The standard InChI is InChI=1S/C14H19ClN2O3/c1-9(2)4-5-10(3)16-14(18)12-7-6-11(17(19)20)8-13(12)15/h6-10H,4-5H2,1-3H3,(H,16,18)/t10-/m0/s1. The Morgan fingerprint density at radius 2 is 2.00 bits per heavy atom. The molecule has 1 rings (SSSR count). The van der Waals surface area contributed by atoms with Gasteiger partial charge in [-0.2, -0.15) is 0 Å². The molecule has 0 aliphatic carbocycles. The van der Waals surface area contributed by atoms with Gasteiger partial charge in [0, 0.05) is 18.2 Å². The number of nitrogens with one attached hydrogen (secondary N) is 1. The highest BCUT2D eigenvalue weighted by atomic mass is 35.5. The molecule has 6 heteroatoms. The Kier molecular flexibility index (Phi) is 5.95. The third kappa shape index (κ3) is 4.81. The normalized spacial score (nSPS) is 12.2. The fraction of sp³-hybridized carbons (Fsp3) is 0.500. The van der Waals surface area contributed by atoms with Crippen molar-refractivity contribution in [3.63, 3.8) is 0 Å². The maximum atomic E-state index is 12.0. The first kappa shape index (κ1) is 16.4. The Bertz CT molecular complexity index is 503. The molecule has 1 amide bonds. The summed E-state index contributed by atoms with van der Waals surface area (Å²) < 4.78 is 0. The van der Waals surface area contributed by atoms with Crippen molar-refractivity contribution in [1.29, 1.82) is 0 Å². The SMILES string of the molecule is CC(C)CC[C@H](C)NC(=O)c1ccc([N+](=O)[O-])cc1Cl. The summed E-state index contributed by atoms with van der Waals surface area (Å²) in [6.07, 6.45) is 1.91. The molecular formula is C14H19ClN2O3. The topological polar surface area (TPSA) is 72.2 Å². The van der Waals surface area contributed by atoms with E-state index in [1.54, 1.807) is 0 Å². The second-order valence-electron chi connectivity index (χ2n) is 5.27. The minimum absolute atomic E-state index is 0.0381. The summed E-state index contributed by atoms with van der Waals surface area (Å²) in [6, 6.07) is 3.89. The van der Waals surface area contributed by atoms with Gasteiger partial charge in [0.15, 0.2) is 0 Å². The molecule has 0 unspecified atom stereocenters. The van der Waals surface area contributed by atoms with Crippen LogP contribution >= 0.6 is 11.6 Å². The second kappa shape index (κ2) is 7.24. The first-order chi connectivity index (χ1) is 9.31. The lowest BCUT2D eigenvalue weighted by molar-refractivity contribution is -0.384. The number of hydrogen-bond acceptors (Lipinski definition) is 3. The Morgan fingerprint density at radius 3 is 2.50 bits per heavy atom. The third-order valence-corrected chi connectivity index (χ3v) is 3.28. The van der Waals surface area contributed by atoms with Gasteiger partial charge >= 0.3 is 0 Å². The molecule has 1 aromatic rings. The van der Waals surface area contributed by atoms with Crippen LogP contribution in [0.4, 0.5) is 5.69 Å². The molecular weight excluding hydrogens is 280 g/mol. The molecule has 0 radical (unpaired) electrons.